The molecule has 4 atom stereocenters. The molecule has 2 rings (SSSR count). The maximum absolute atomic E-state index is 6.37. The fourth-order valence-corrected chi connectivity index (χ4v) is 3.78. The van der Waals surface area contributed by atoms with Gasteiger partial charge in [0, 0.05) is 18.6 Å². The van der Waals surface area contributed by atoms with Crippen LogP contribution in [0.4, 0.5) is 0 Å². The first-order valence-corrected chi connectivity index (χ1v) is 7.74. The summed E-state index contributed by atoms with van der Waals surface area (Å²) >= 11 is 0. The second-order valence-electron chi connectivity index (χ2n) is 6.23. The zero-order valence-electron chi connectivity index (χ0n) is 11.7. The Bertz CT molecular complexity index is 229. The van der Waals surface area contributed by atoms with Gasteiger partial charge >= 0.3 is 0 Å². The Morgan fingerprint density at radius 2 is 1.82 bits per heavy atom. The topological polar surface area (TPSA) is 29.3 Å². The maximum atomic E-state index is 6.37. The molecular weight excluding hydrogens is 208 g/mol. The van der Waals surface area contributed by atoms with Crippen molar-refractivity contribution in [2.45, 2.75) is 70.9 Å². The molecule has 0 amide bonds. The fraction of sp³-hybridized carbons (Fsp3) is 1.00. The summed E-state index contributed by atoms with van der Waals surface area (Å²) in [6.07, 6.45) is 9.47. The average Bonchev–Trinajstić information content (AvgIpc) is 2.39. The number of likely N-dealkylation sites (tertiary alicyclic amines) is 1. The summed E-state index contributed by atoms with van der Waals surface area (Å²) in [5.41, 5.74) is 6.37. The predicted molar refractivity (Wildman–Crippen MR) is 74.0 cm³/mol. The Hall–Kier alpha value is -0.0800. The van der Waals surface area contributed by atoms with Crippen LogP contribution < -0.4 is 5.73 Å². The van der Waals surface area contributed by atoms with E-state index < -0.39 is 0 Å². The summed E-state index contributed by atoms with van der Waals surface area (Å²) in [5, 5.41) is 0. The van der Waals surface area contributed by atoms with Gasteiger partial charge in [0.25, 0.3) is 0 Å². The minimum absolute atomic E-state index is 0.438. The smallest absolute Gasteiger partial charge is 0.0249 e. The van der Waals surface area contributed by atoms with Crippen LogP contribution in [-0.4, -0.2) is 30.1 Å². The molecule has 0 bridgehead atoms. The van der Waals surface area contributed by atoms with E-state index in [0.29, 0.717) is 12.1 Å². The van der Waals surface area contributed by atoms with Crippen molar-refractivity contribution < 1.29 is 0 Å². The van der Waals surface area contributed by atoms with Crippen LogP contribution in [0.25, 0.3) is 0 Å². The van der Waals surface area contributed by atoms with E-state index in [1.807, 2.05) is 0 Å². The molecule has 0 aromatic heterocycles. The Morgan fingerprint density at radius 3 is 2.53 bits per heavy atom. The van der Waals surface area contributed by atoms with Gasteiger partial charge < -0.3 is 5.73 Å². The van der Waals surface area contributed by atoms with Gasteiger partial charge in [-0.25, -0.2) is 0 Å². The SMILES string of the molecule is CCC1CCC(N)C(N2CCCC(CC)C2)C1. The van der Waals surface area contributed by atoms with Crippen molar-refractivity contribution in [2.24, 2.45) is 17.6 Å². The van der Waals surface area contributed by atoms with Gasteiger partial charge in [-0.05, 0) is 50.5 Å². The molecule has 0 spiro atoms. The normalized spacial score (nSPS) is 40.4. The average molecular weight is 238 g/mol. The molecule has 0 aromatic carbocycles. The molecule has 1 aliphatic heterocycles. The van der Waals surface area contributed by atoms with E-state index in [4.69, 9.17) is 5.73 Å². The summed E-state index contributed by atoms with van der Waals surface area (Å²) in [6.45, 7) is 7.28. The van der Waals surface area contributed by atoms with Crippen LogP contribution in [0.1, 0.15) is 58.8 Å². The van der Waals surface area contributed by atoms with Gasteiger partial charge in [0.1, 0.15) is 0 Å². The van der Waals surface area contributed by atoms with Crippen LogP contribution in [-0.2, 0) is 0 Å². The zero-order chi connectivity index (χ0) is 12.3. The van der Waals surface area contributed by atoms with Crippen molar-refractivity contribution in [3.8, 4) is 0 Å². The lowest BCUT2D eigenvalue weighted by Crippen LogP contribution is -2.54. The minimum Gasteiger partial charge on any atom is -0.326 e. The van der Waals surface area contributed by atoms with Gasteiger partial charge in [-0.3, -0.25) is 4.90 Å². The van der Waals surface area contributed by atoms with Gasteiger partial charge in [-0.1, -0.05) is 26.7 Å². The first kappa shape index (κ1) is 13.4. The summed E-state index contributed by atoms with van der Waals surface area (Å²) in [5.74, 6) is 1.86. The number of nitrogens with zero attached hydrogens (tertiary/aromatic N) is 1. The van der Waals surface area contributed by atoms with Crippen molar-refractivity contribution in [1.82, 2.24) is 4.90 Å². The highest BCUT2D eigenvalue weighted by molar-refractivity contribution is 4.91. The number of hydrogen-bond donors (Lipinski definition) is 1. The molecule has 17 heavy (non-hydrogen) atoms. The third kappa shape index (κ3) is 3.23. The maximum Gasteiger partial charge on any atom is 0.0249 e. The minimum atomic E-state index is 0.438. The summed E-state index contributed by atoms with van der Waals surface area (Å²) in [6, 6.07) is 1.12. The highest BCUT2D eigenvalue weighted by atomic mass is 15.2. The van der Waals surface area contributed by atoms with Crippen LogP contribution >= 0.6 is 0 Å². The molecule has 1 saturated heterocycles. The molecule has 1 heterocycles. The largest absolute Gasteiger partial charge is 0.326 e. The molecule has 0 aromatic rings. The summed E-state index contributed by atoms with van der Waals surface area (Å²) < 4.78 is 0. The van der Waals surface area contributed by atoms with Gasteiger partial charge in [-0.15, -0.1) is 0 Å². The Balaban J connectivity index is 1.94. The van der Waals surface area contributed by atoms with Crippen LogP contribution in [0.15, 0.2) is 0 Å². The highest BCUT2D eigenvalue weighted by Gasteiger charge is 2.33. The van der Waals surface area contributed by atoms with E-state index in [-0.39, 0.29) is 0 Å². The fourth-order valence-electron chi connectivity index (χ4n) is 3.78. The molecule has 4 unspecified atom stereocenters. The lowest BCUT2D eigenvalue weighted by atomic mass is 9.79. The Labute approximate surface area is 107 Å². The molecule has 2 heteroatoms. The molecule has 2 fully saturated rings. The van der Waals surface area contributed by atoms with Crippen molar-refractivity contribution in [3.63, 3.8) is 0 Å². The molecular formula is C15H30N2. The van der Waals surface area contributed by atoms with Crippen molar-refractivity contribution in [2.75, 3.05) is 13.1 Å². The predicted octanol–water partition coefficient (Wildman–Crippen LogP) is 3.01. The standard InChI is InChI=1S/C15H30N2/c1-3-12-7-8-14(16)15(10-12)17-9-5-6-13(4-2)11-17/h12-15H,3-11,16H2,1-2H3. The molecule has 1 saturated carbocycles. The lowest BCUT2D eigenvalue weighted by Gasteiger charge is -2.44. The molecule has 2 N–H and O–H groups in total. The Kier molecular flexibility index (Phi) is 4.87. The van der Waals surface area contributed by atoms with Crippen molar-refractivity contribution in [3.05, 3.63) is 0 Å². The highest BCUT2D eigenvalue weighted by Crippen LogP contribution is 2.32. The summed E-state index contributed by atoms with van der Waals surface area (Å²) in [4.78, 5) is 2.73. The van der Waals surface area contributed by atoms with E-state index in [1.165, 1.54) is 58.0 Å². The lowest BCUT2D eigenvalue weighted by molar-refractivity contribution is 0.0675. The van der Waals surface area contributed by atoms with E-state index in [1.54, 1.807) is 0 Å². The number of hydrogen-bond acceptors (Lipinski definition) is 2. The second-order valence-corrected chi connectivity index (χ2v) is 6.23. The van der Waals surface area contributed by atoms with Gasteiger partial charge in [0.2, 0.25) is 0 Å². The molecule has 2 aliphatic rings. The van der Waals surface area contributed by atoms with Crippen molar-refractivity contribution in [1.29, 1.82) is 0 Å². The van der Waals surface area contributed by atoms with E-state index >= 15 is 0 Å². The quantitative estimate of drug-likeness (QED) is 0.819. The first-order valence-electron chi connectivity index (χ1n) is 7.74. The van der Waals surface area contributed by atoms with Crippen LogP contribution in [0.5, 0.6) is 0 Å². The first-order chi connectivity index (χ1) is 8.24. The zero-order valence-corrected chi connectivity index (χ0v) is 11.7. The number of piperidine rings is 1. The molecule has 1 aliphatic carbocycles. The second kappa shape index (κ2) is 6.19. The van der Waals surface area contributed by atoms with Gasteiger partial charge in [0.05, 0.1) is 0 Å². The van der Waals surface area contributed by atoms with Gasteiger partial charge in [-0.2, -0.15) is 0 Å². The van der Waals surface area contributed by atoms with Crippen LogP contribution in [0.3, 0.4) is 0 Å². The third-order valence-corrected chi connectivity index (χ3v) is 5.15. The monoisotopic (exact) mass is 238 g/mol. The van der Waals surface area contributed by atoms with Crippen LogP contribution in [0, 0.1) is 11.8 Å². The van der Waals surface area contributed by atoms with E-state index in [9.17, 15) is 0 Å². The van der Waals surface area contributed by atoms with Crippen molar-refractivity contribution >= 4 is 0 Å². The summed E-state index contributed by atoms with van der Waals surface area (Å²) in [7, 11) is 0. The molecule has 0 radical (unpaired) electrons. The van der Waals surface area contributed by atoms with Gasteiger partial charge in [0.15, 0.2) is 0 Å². The number of rotatable bonds is 3. The molecule has 2 nitrogen and oxygen atoms in total. The van der Waals surface area contributed by atoms with Crippen LogP contribution in [0.2, 0.25) is 0 Å². The van der Waals surface area contributed by atoms with E-state index in [0.717, 1.165) is 11.8 Å². The third-order valence-electron chi connectivity index (χ3n) is 5.15. The Morgan fingerprint density at radius 1 is 1.06 bits per heavy atom. The molecule has 100 valence electrons. The number of nitrogens with two attached hydrogens (primary N) is 1. The van der Waals surface area contributed by atoms with E-state index in [2.05, 4.69) is 18.7 Å².